The van der Waals surface area contributed by atoms with Gasteiger partial charge in [0.15, 0.2) is 9.84 Å². The maximum absolute atomic E-state index is 12.1. The van der Waals surface area contributed by atoms with Crippen LogP contribution < -0.4 is 4.90 Å². The Morgan fingerprint density at radius 1 is 1.15 bits per heavy atom. The maximum atomic E-state index is 12.1. The molecule has 1 aromatic carbocycles. The van der Waals surface area contributed by atoms with Crippen LogP contribution in [0.5, 0.6) is 0 Å². The van der Waals surface area contributed by atoms with E-state index in [-0.39, 0.29) is 10.6 Å². The lowest BCUT2D eigenvalue weighted by Crippen LogP contribution is -2.50. The fourth-order valence-electron chi connectivity index (χ4n) is 2.54. The quantitative estimate of drug-likeness (QED) is 0.578. The fourth-order valence-corrected chi connectivity index (χ4v) is 3.21. The first-order valence-corrected chi connectivity index (χ1v) is 9.98. The van der Waals surface area contributed by atoms with Gasteiger partial charge >= 0.3 is 6.09 Å². The van der Waals surface area contributed by atoms with E-state index < -0.39 is 26.5 Å². The second-order valence-corrected chi connectivity index (χ2v) is 9.18. The number of benzene rings is 1. The predicted octanol–water partition coefficient (Wildman–Crippen LogP) is 2.06. The van der Waals surface area contributed by atoms with Crippen LogP contribution in [-0.2, 0) is 14.6 Å². The van der Waals surface area contributed by atoms with Crippen molar-refractivity contribution < 1.29 is 22.9 Å². The number of nitro benzene ring substituents is 1. The first-order valence-electron chi connectivity index (χ1n) is 8.09. The molecule has 1 saturated heterocycles. The Kier molecular flexibility index (Phi) is 5.45. The number of carbonyl (C=O) groups excluding carboxylic acids is 1. The lowest BCUT2D eigenvalue weighted by molar-refractivity contribution is -0.385. The lowest BCUT2D eigenvalue weighted by atomic mass is 10.2. The Hall–Kier alpha value is -2.36. The first kappa shape index (κ1) is 20.0. The average molecular weight is 385 g/mol. The van der Waals surface area contributed by atoms with Crippen LogP contribution in [0.2, 0.25) is 0 Å². The summed E-state index contributed by atoms with van der Waals surface area (Å²) < 4.78 is 28.9. The van der Waals surface area contributed by atoms with E-state index in [0.29, 0.717) is 31.9 Å². The van der Waals surface area contributed by atoms with E-state index in [9.17, 15) is 23.3 Å². The van der Waals surface area contributed by atoms with Crippen molar-refractivity contribution in [1.29, 1.82) is 0 Å². The number of piperazine rings is 1. The highest BCUT2D eigenvalue weighted by molar-refractivity contribution is 7.90. The monoisotopic (exact) mass is 385 g/mol. The van der Waals surface area contributed by atoms with Gasteiger partial charge in [0.2, 0.25) is 0 Å². The Labute approximate surface area is 152 Å². The van der Waals surface area contributed by atoms with Crippen LogP contribution in [0, 0.1) is 10.1 Å². The van der Waals surface area contributed by atoms with Gasteiger partial charge in [-0.2, -0.15) is 0 Å². The van der Waals surface area contributed by atoms with Gasteiger partial charge in [-0.15, -0.1) is 0 Å². The summed E-state index contributed by atoms with van der Waals surface area (Å²) in [5.41, 5.74) is -0.417. The lowest BCUT2D eigenvalue weighted by Gasteiger charge is -2.36. The summed E-state index contributed by atoms with van der Waals surface area (Å²) in [6, 6.07) is 3.82. The van der Waals surface area contributed by atoms with Crippen LogP contribution >= 0.6 is 0 Å². The fraction of sp³-hybridized carbons (Fsp3) is 0.562. The summed E-state index contributed by atoms with van der Waals surface area (Å²) in [6.07, 6.45) is 0.601. The summed E-state index contributed by atoms with van der Waals surface area (Å²) in [7, 11) is -3.58. The van der Waals surface area contributed by atoms with Crippen molar-refractivity contribution in [2.75, 3.05) is 37.3 Å². The number of hydrogen-bond acceptors (Lipinski definition) is 7. The third-order valence-corrected chi connectivity index (χ3v) is 4.90. The molecule has 2 rings (SSSR count). The number of nitro groups is 1. The molecule has 9 nitrogen and oxygen atoms in total. The van der Waals surface area contributed by atoms with E-state index >= 15 is 0 Å². The molecule has 1 fully saturated rings. The number of nitrogens with zero attached hydrogens (tertiary/aromatic N) is 3. The Morgan fingerprint density at radius 3 is 2.19 bits per heavy atom. The van der Waals surface area contributed by atoms with Gasteiger partial charge in [-0.1, -0.05) is 0 Å². The summed E-state index contributed by atoms with van der Waals surface area (Å²) in [6.45, 7) is 6.97. The molecule has 10 heteroatoms. The van der Waals surface area contributed by atoms with E-state index in [0.717, 1.165) is 12.3 Å². The highest BCUT2D eigenvalue weighted by Crippen LogP contribution is 2.27. The molecular weight excluding hydrogens is 362 g/mol. The third kappa shape index (κ3) is 5.07. The molecule has 0 N–H and O–H groups in total. The van der Waals surface area contributed by atoms with Gasteiger partial charge in [0, 0.05) is 50.3 Å². The van der Waals surface area contributed by atoms with E-state index in [2.05, 4.69) is 0 Å². The number of hydrogen-bond donors (Lipinski definition) is 0. The zero-order chi connectivity index (χ0) is 19.7. The third-order valence-electron chi connectivity index (χ3n) is 3.81. The van der Waals surface area contributed by atoms with Crippen molar-refractivity contribution in [2.24, 2.45) is 0 Å². The summed E-state index contributed by atoms with van der Waals surface area (Å²) in [5, 5.41) is 11.1. The minimum Gasteiger partial charge on any atom is -0.444 e. The number of non-ortho nitro benzene ring substituents is 1. The van der Waals surface area contributed by atoms with E-state index in [1.165, 1.54) is 12.1 Å². The van der Waals surface area contributed by atoms with Crippen LogP contribution in [0.4, 0.5) is 16.2 Å². The number of amides is 1. The molecule has 144 valence electrons. The highest BCUT2D eigenvalue weighted by Gasteiger charge is 2.27. The van der Waals surface area contributed by atoms with Crippen LogP contribution in [0.3, 0.4) is 0 Å². The molecule has 1 heterocycles. The zero-order valence-electron chi connectivity index (χ0n) is 15.3. The minimum atomic E-state index is -3.58. The zero-order valence-corrected chi connectivity index (χ0v) is 16.1. The van der Waals surface area contributed by atoms with Crippen LogP contribution in [0.15, 0.2) is 23.1 Å². The number of sulfone groups is 1. The van der Waals surface area contributed by atoms with Crippen LogP contribution in [0.25, 0.3) is 0 Å². The van der Waals surface area contributed by atoms with Crippen molar-refractivity contribution >= 4 is 27.3 Å². The number of rotatable bonds is 3. The molecule has 1 aliphatic heterocycles. The van der Waals surface area contributed by atoms with Crippen molar-refractivity contribution in [3.05, 3.63) is 28.3 Å². The Morgan fingerprint density at radius 2 is 1.73 bits per heavy atom. The molecule has 1 amide bonds. The Bertz CT molecular complexity index is 808. The van der Waals surface area contributed by atoms with E-state index in [1.54, 1.807) is 25.7 Å². The molecule has 0 atom stereocenters. The number of carbonyl (C=O) groups is 1. The Balaban J connectivity index is 2.17. The van der Waals surface area contributed by atoms with Gasteiger partial charge in [-0.05, 0) is 26.8 Å². The average Bonchev–Trinajstić information content (AvgIpc) is 2.52. The van der Waals surface area contributed by atoms with Crippen molar-refractivity contribution in [2.45, 2.75) is 31.3 Å². The molecule has 1 aromatic rings. The van der Waals surface area contributed by atoms with Crippen LogP contribution in [-0.4, -0.2) is 62.4 Å². The molecule has 0 bridgehead atoms. The molecule has 1 aliphatic rings. The molecule has 0 radical (unpaired) electrons. The largest absolute Gasteiger partial charge is 0.444 e. The summed E-state index contributed by atoms with van der Waals surface area (Å²) in [5.74, 6) is 0. The second-order valence-electron chi connectivity index (χ2n) is 7.17. The van der Waals surface area contributed by atoms with Gasteiger partial charge in [0.1, 0.15) is 5.60 Å². The molecular formula is C16H23N3O6S. The second kappa shape index (κ2) is 7.10. The molecule has 0 saturated carbocycles. The minimum absolute atomic E-state index is 0.101. The molecule has 0 spiro atoms. The normalized spacial score (nSPS) is 15.7. The van der Waals surface area contributed by atoms with Gasteiger partial charge < -0.3 is 14.5 Å². The van der Waals surface area contributed by atoms with Gasteiger partial charge in [0.05, 0.1) is 9.82 Å². The van der Waals surface area contributed by atoms with Crippen molar-refractivity contribution in [3.8, 4) is 0 Å². The number of anilines is 1. The molecule has 0 unspecified atom stereocenters. The van der Waals surface area contributed by atoms with Gasteiger partial charge in [-0.25, -0.2) is 13.2 Å². The topological polar surface area (TPSA) is 110 Å². The first-order chi connectivity index (χ1) is 11.9. The highest BCUT2D eigenvalue weighted by atomic mass is 32.2. The van der Waals surface area contributed by atoms with Crippen molar-refractivity contribution in [1.82, 2.24) is 4.90 Å². The maximum Gasteiger partial charge on any atom is 0.410 e. The smallest absolute Gasteiger partial charge is 0.410 e. The summed E-state index contributed by atoms with van der Waals surface area (Å²) >= 11 is 0. The van der Waals surface area contributed by atoms with Crippen molar-refractivity contribution in [3.63, 3.8) is 0 Å². The van der Waals surface area contributed by atoms with E-state index in [1.807, 2.05) is 4.90 Å². The van der Waals surface area contributed by atoms with Crippen LogP contribution in [0.1, 0.15) is 20.8 Å². The summed E-state index contributed by atoms with van der Waals surface area (Å²) in [4.78, 5) is 25.9. The molecule has 0 aromatic heterocycles. The van der Waals surface area contributed by atoms with Gasteiger partial charge in [-0.3, -0.25) is 10.1 Å². The van der Waals surface area contributed by atoms with Gasteiger partial charge in [0.25, 0.3) is 5.69 Å². The number of ether oxygens (including phenoxy) is 1. The standard InChI is InChI=1S/C16H23N3O6S/c1-16(2,3)25-15(20)18-7-5-17(6-8-18)12-9-13(19(21)22)11-14(10-12)26(4,23)24/h9-11H,5-8H2,1-4H3. The SMILES string of the molecule is CC(C)(C)OC(=O)N1CCN(c2cc([N+](=O)[O-])cc(S(C)(=O)=O)c2)CC1. The van der Waals surface area contributed by atoms with E-state index in [4.69, 9.17) is 4.74 Å². The molecule has 0 aliphatic carbocycles. The molecule has 26 heavy (non-hydrogen) atoms. The predicted molar refractivity (Wildman–Crippen MR) is 96.2 cm³/mol.